The van der Waals surface area contributed by atoms with Crippen molar-refractivity contribution >= 4 is 17.3 Å². The van der Waals surface area contributed by atoms with E-state index in [1.165, 1.54) is 0 Å². The third-order valence-corrected chi connectivity index (χ3v) is 3.29. The molecule has 0 spiro atoms. The predicted octanol–water partition coefficient (Wildman–Crippen LogP) is 3.43. The predicted molar refractivity (Wildman–Crippen MR) is 79.3 cm³/mol. The Bertz CT molecular complexity index is 419. The van der Waals surface area contributed by atoms with E-state index >= 15 is 0 Å². The second kappa shape index (κ2) is 7.67. The zero-order valence-electron chi connectivity index (χ0n) is 12.0. The Balaban J connectivity index is 2.74. The molecule has 106 valence electrons. The van der Waals surface area contributed by atoms with Crippen molar-refractivity contribution in [1.82, 2.24) is 0 Å². The molecule has 1 rings (SSSR count). The van der Waals surface area contributed by atoms with E-state index in [-0.39, 0.29) is 11.8 Å². The smallest absolute Gasteiger partial charge is 0.227 e. The van der Waals surface area contributed by atoms with Crippen LogP contribution in [0.25, 0.3) is 0 Å². The summed E-state index contributed by atoms with van der Waals surface area (Å²) >= 11 is 0. The highest BCUT2D eigenvalue weighted by Gasteiger charge is 2.17. The van der Waals surface area contributed by atoms with Crippen LogP contribution in [0.15, 0.2) is 18.2 Å². The third-order valence-electron chi connectivity index (χ3n) is 3.29. The number of hydrogen-bond donors (Lipinski definition) is 2. The highest BCUT2D eigenvalue weighted by atomic mass is 16.5. The lowest BCUT2D eigenvalue weighted by molar-refractivity contribution is -0.120. The molecule has 1 unspecified atom stereocenters. The van der Waals surface area contributed by atoms with Gasteiger partial charge in [0.05, 0.1) is 18.5 Å². The SMILES string of the molecule is CCCCC(CC)C(=O)Nc1cc(OC)ccc1N. The largest absolute Gasteiger partial charge is 0.497 e. The van der Waals surface area contributed by atoms with E-state index in [1.807, 2.05) is 6.92 Å². The van der Waals surface area contributed by atoms with Crippen molar-refractivity contribution in [2.45, 2.75) is 39.5 Å². The number of anilines is 2. The molecule has 0 bridgehead atoms. The lowest BCUT2D eigenvalue weighted by Gasteiger charge is -2.16. The number of unbranched alkanes of at least 4 members (excludes halogenated alkanes) is 1. The van der Waals surface area contributed by atoms with Gasteiger partial charge in [-0.25, -0.2) is 0 Å². The molecule has 19 heavy (non-hydrogen) atoms. The summed E-state index contributed by atoms with van der Waals surface area (Å²) in [7, 11) is 1.59. The van der Waals surface area contributed by atoms with Crippen LogP contribution in [0.5, 0.6) is 5.75 Å². The van der Waals surface area contributed by atoms with E-state index in [1.54, 1.807) is 25.3 Å². The summed E-state index contributed by atoms with van der Waals surface area (Å²) in [6.07, 6.45) is 3.93. The summed E-state index contributed by atoms with van der Waals surface area (Å²) in [5.41, 5.74) is 7.04. The minimum atomic E-state index is 0.0379. The van der Waals surface area contributed by atoms with Gasteiger partial charge in [0.1, 0.15) is 5.75 Å². The number of nitrogens with two attached hydrogens (primary N) is 1. The van der Waals surface area contributed by atoms with E-state index in [4.69, 9.17) is 10.5 Å². The molecule has 1 atom stereocenters. The fourth-order valence-corrected chi connectivity index (χ4v) is 1.98. The average molecular weight is 264 g/mol. The Morgan fingerprint density at radius 2 is 2.16 bits per heavy atom. The minimum absolute atomic E-state index is 0.0379. The van der Waals surface area contributed by atoms with Crippen molar-refractivity contribution in [3.05, 3.63) is 18.2 Å². The van der Waals surface area contributed by atoms with Crippen molar-refractivity contribution in [3.63, 3.8) is 0 Å². The first-order valence-corrected chi connectivity index (χ1v) is 6.86. The summed E-state index contributed by atoms with van der Waals surface area (Å²) in [4.78, 5) is 12.2. The van der Waals surface area contributed by atoms with Gasteiger partial charge in [-0.05, 0) is 25.0 Å². The van der Waals surface area contributed by atoms with Crippen molar-refractivity contribution in [2.75, 3.05) is 18.2 Å². The van der Waals surface area contributed by atoms with Gasteiger partial charge in [0, 0.05) is 12.0 Å². The fraction of sp³-hybridized carbons (Fsp3) is 0.533. The van der Waals surface area contributed by atoms with Crippen LogP contribution in [0.4, 0.5) is 11.4 Å². The number of nitrogen functional groups attached to an aromatic ring is 1. The molecule has 0 saturated heterocycles. The fourth-order valence-electron chi connectivity index (χ4n) is 1.98. The lowest BCUT2D eigenvalue weighted by atomic mass is 9.98. The Kier molecular flexibility index (Phi) is 6.19. The monoisotopic (exact) mass is 264 g/mol. The van der Waals surface area contributed by atoms with Gasteiger partial charge in [-0.2, -0.15) is 0 Å². The van der Waals surface area contributed by atoms with Crippen LogP contribution in [0.2, 0.25) is 0 Å². The van der Waals surface area contributed by atoms with E-state index in [9.17, 15) is 4.79 Å². The Hall–Kier alpha value is -1.71. The van der Waals surface area contributed by atoms with Gasteiger partial charge in [0.25, 0.3) is 0 Å². The van der Waals surface area contributed by atoms with Gasteiger partial charge in [-0.3, -0.25) is 4.79 Å². The normalized spacial score (nSPS) is 11.9. The Morgan fingerprint density at radius 3 is 2.74 bits per heavy atom. The van der Waals surface area contributed by atoms with Crippen LogP contribution in [-0.4, -0.2) is 13.0 Å². The van der Waals surface area contributed by atoms with Crippen LogP contribution in [0.3, 0.4) is 0 Å². The molecule has 0 aromatic heterocycles. The maximum absolute atomic E-state index is 12.2. The first kappa shape index (κ1) is 15.3. The molecule has 0 radical (unpaired) electrons. The van der Waals surface area contributed by atoms with Crippen LogP contribution >= 0.6 is 0 Å². The molecule has 0 fully saturated rings. The quantitative estimate of drug-likeness (QED) is 0.741. The zero-order chi connectivity index (χ0) is 14.3. The number of benzene rings is 1. The second-order valence-corrected chi connectivity index (χ2v) is 4.69. The van der Waals surface area contributed by atoms with E-state index < -0.39 is 0 Å². The van der Waals surface area contributed by atoms with Crippen LogP contribution < -0.4 is 15.8 Å². The molecule has 1 aromatic rings. The van der Waals surface area contributed by atoms with Gasteiger partial charge in [-0.1, -0.05) is 26.7 Å². The molecule has 3 N–H and O–H groups in total. The summed E-state index contributed by atoms with van der Waals surface area (Å²) in [6.45, 7) is 4.17. The number of nitrogens with one attached hydrogen (secondary N) is 1. The van der Waals surface area contributed by atoms with Gasteiger partial charge >= 0.3 is 0 Å². The number of carbonyl (C=O) groups excluding carboxylic acids is 1. The third kappa shape index (κ3) is 4.47. The van der Waals surface area contributed by atoms with Crippen LogP contribution in [-0.2, 0) is 4.79 Å². The molecule has 0 aliphatic heterocycles. The van der Waals surface area contributed by atoms with Gasteiger partial charge in [0.15, 0.2) is 0 Å². The maximum Gasteiger partial charge on any atom is 0.227 e. The van der Waals surface area contributed by atoms with E-state index in [0.717, 1.165) is 25.7 Å². The summed E-state index contributed by atoms with van der Waals surface area (Å²) in [5.74, 6) is 0.771. The molecule has 1 aromatic carbocycles. The van der Waals surface area contributed by atoms with Crippen LogP contribution in [0, 0.1) is 5.92 Å². The molecular formula is C15H24N2O2. The average Bonchev–Trinajstić information content (AvgIpc) is 2.42. The Labute approximate surface area is 115 Å². The summed E-state index contributed by atoms with van der Waals surface area (Å²) in [6, 6.07) is 5.26. The van der Waals surface area contributed by atoms with Crippen molar-refractivity contribution in [3.8, 4) is 5.75 Å². The van der Waals surface area contributed by atoms with Crippen molar-refractivity contribution in [2.24, 2.45) is 5.92 Å². The van der Waals surface area contributed by atoms with Gasteiger partial charge in [-0.15, -0.1) is 0 Å². The highest BCUT2D eigenvalue weighted by molar-refractivity contribution is 5.95. The van der Waals surface area contributed by atoms with E-state index in [2.05, 4.69) is 12.2 Å². The number of rotatable bonds is 7. The van der Waals surface area contributed by atoms with Gasteiger partial charge in [0.2, 0.25) is 5.91 Å². The van der Waals surface area contributed by atoms with Crippen molar-refractivity contribution in [1.29, 1.82) is 0 Å². The summed E-state index contributed by atoms with van der Waals surface area (Å²) < 4.78 is 5.14. The molecule has 0 aliphatic carbocycles. The number of ether oxygens (including phenoxy) is 1. The molecule has 0 saturated carbocycles. The zero-order valence-corrected chi connectivity index (χ0v) is 12.0. The first-order valence-electron chi connectivity index (χ1n) is 6.86. The summed E-state index contributed by atoms with van der Waals surface area (Å²) in [5, 5.41) is 2.90. The van der Waals surface area contributed by atoms with Crippen molar-refractivity contribution < 1.29 is 9.53 Å². The van der Waals surface area contributed by atoms with Gasteiger partial charge < -0.3 is 15.8 Å². The highest BCUT2D eigenvalue weighted by Crippen LogP contribution is 2.25. The molecule has 0 heterocycles. The van der Waals surface area contributed by atoms with E-state index in [0.29, 0.717) is 17.1 Å². The number of methoxy groups -OCH3 is 1. The second-order valence-electron chi connectivity index (χ2n) is 4.69. The van der Waals surface area contributed by atoms with Crippen LogP contribution in [0.1, 0.15) is 39.5 Å². The number of carbonyl (C=O) groups is 1. The number of hydrogen-bond acceptors (Lipinski definition) is 3. The maximum atomic E-state index is 12.2. The molecule has 1 amide bonds. The first-order chi connectivity index (χ1) is 9.12. The molecular weight excluding hydrogens is 240 g/mol. The molecule has 4 nitrogen and oxygen atoms in total. The minimum Gasteiger partial charge on any atom is -0.497 e. The number of amides is 1. The topological polar surface area (TPSA) is 64.3 Å². The standard InChI is InChI=1S/C15H24N2O2/c1-4-6-7-11(5-2)15(18)17-14-10-12(19-3)8-9-13(14)16/h8-11H,4-7,16H2,1-3H3,(H,17,18). The Morgan fingerprint density at radius 1 is 1.42 bits per heavy atom. The molecule has 4 heteroatoms. The lowest BCUT2D eigenvalue weighted by Crippen LogP contribution is -2.22. The molecule has 0 aliphatic rings.